The Labute approximate surface area is 405 Å². The maximum absolute atomic E-state index is 15.9. The molecule has 2 aliphatic carbocycles. The number of fused-ring (bicyclic) bond motifs is 2. The zero-order chi connectivity index (χ0) is 46.8. The highest BCUT2D eigenvalue weighted by molar-refractivity contribution is 6.09. The minimum atomic E-state index is -0.521. The summed E-state index contributed by atoms with van der Waals surface area (Å²) in [5.74, 6) is 2.77. The molecule has 3 amide bonds. The average molecular weight is 929 g/mol. The third kappa shape index (κ3) is 9.70. The van der Waals surface area contributed by atoms with Crippen LogP contribution in [-0.2, 0) is 24.9 Å². The van der Waals surface area contributed by atoms with Crippen LogP contribution in [0.2, 0.25) is 0 Å². The summed E-state index contributed by atoms with van der Waals surface area (Å²) in [6.07, 6.45) is 7.55. The highest BCUT2D eigenvalue weighted by Crippen LogP contribution is 2.47. The Morgan fingerprint density at radius 2 is 1.35 bits per heavy atom. The van der Waals surface area contributed by atoms with Crippen LogP contribution >= 0.6 is 0 Å². The Hall–Kier alpha value is -6.24. The molecule has 1 aromatic heterocycles. The van der Waals surface area contributed by atoms with Crippen molar-refractivity contribution < 1.29 is 18.7 Å². The second-order valence-corrected chi connectivity index (χ2v) is 20.2. The van der Waals surface area contributed by atoms with E-state index in [0.717, 1.165) is 83.0 Å². The van der Waals surface area contributed by atoms with Crippen LogP contribution in [0.5, 0.6) is 5.75 Å². The van der Waals surface area contributed by atoms with E-state index < -0.39 is 6.03 Å². The van der Waals surface area contributed by atoms with Crippen molar-refractivity contribution >= 4 is 40.0 Å². The van der Waals surface area contributed by atoms with E-state index >= 15 is 4.39 Å². The smallest absolute Gasteiger partial charge is 0.329 e. The van der Waals surface area contributed by atoms with Gasteiger partial charge in [0.2, 0.25) is 5.91 Å². The predicted molar refractivity (Wildman–Crippen MR) is 272 cm³/mol. The lowest BCUT2D eigenvalue weighted by Crippen LogP contribution is -2.51. The van der Waals surface area contributed by atoms with Gasteiger partial charge in [-0.15, -0.1) is 0 Å². The predicted octanol–water partition coefficient (Wildman–Crippen LogP) is 9.35. The molecule has 69 heavy (non-hydrogen) atoms. The minimum absolute atomic E-state index is 0.187. The number of aryl methyl sites for hydroxylation is 2. The second-order valence-electron chi connectivity index (χ2n) is 20.2. The van der Waals surface area contributed by atoms with Crippen LogP contribution < -0.4 is 24.8 Å². The zero-order valence-electron chi connectivity index (χ0n) is 39.9. The average Bonchev–Trinajstić information content (AvgIpc) is 3.70. The molecule has 4 heterocycles. The van der Waals surface area contributed by atoms with Gasteiger partial charge in [0, 0.05) is 102 Å². The zero-order valence-corrected chi connectivity index (χ0v) is 39.9. The van der Waals surface area contributed by atoms with Crippen LogP contribution in [-0.4, -0.2) is 104 Å². The van der Waals surface area contributed by atoms with E-state index in [9.17, 15) is 9.59 Å². The van der Waals surface area contributed by atoms with Crippen molar-refractivity contribution in [1.29, 1.82) is 0 Å². The summed E-state index contributed by atoms with van der Waals surface area (Å²) in [4.78, 5) is 35.9. The van der Waals surface area contributed by atoms with Gasteiger partial charge in [-0.1, -0.05) is 91.7 Å². The lowest BCUT2D eigenvalue weighted by Gasteiger charge is -2.43. The summed E-state index contributed by atoms with van der Waals surface area (Å²) in [6, 6.07) is 40.7. The molecule has 11 rings (SSSR count). The van der Waals surface area contributed by atoms with E-state index in [1.54, 1.807) is 4.68 Å². The molecule has 5 aliphatic rings. The summed E-state index contributed by atoms with van der Waals surface area (Å²) in [6.45, 7) is 10.7. The molecule has 1 saturated carbocycles. The number of aromatic nitrogens is 2. The number of imide groups is 1. The molecule has 3 saturated heterocycles. The summed E-state index contributed by atoms with van der Waals surface area (Å²) in [5.41, 5.74) is 9.45. The number of anilines is 3. The molecule has 358 valence electrons. The molecule has 11 nitrogen and oxygen atoms in total. The Balaban J connectivity index is 0.693. The number of ether oxygens (including phenoxy) is 1. The first-order valence-corrected chi connectivity index (χ1v) is 25.5. The molecule has 1 N–H and O–H groups in total. The van der Waals surface area contributed by atoms with Gasteiger partial charge < -0.3 is 14.5 Å². The lowest BCUT2D eigenvalue weighted by molar-refractivity contribution is -0.120. The van der Waals surface area contributed by atoms with Gasteiger partial charge in [-0.3, -0.25) is 29.5 Å². The van der Waals surface area contributed by atoms with Crippen LogP contribution in [0.1, 0.15) is 78.2 Å². The van der Waals surface area contributed by atoms with Gasteiger partial charge in [0.25, 0.3) is 0 Å². The number of rotatable bonds is 12. The fourth-order valence-corrected chi connectivity index (χ4v) is 12.2. The fraction of sp³-hybridized carbons (Fsp3) is 0.421. The first-order valence-electron chi connectivity index (χ1n) is 25.5. The molecule has 0 radical (unpaired) electrons. The highest BCUT2D eigenvalue weighted by Gasteiger charge is 2.35. The third-order valence-electron chi connectivity index (χ3n) is 16.0. The van der Waals surface area contributed by atoms with Gasteiger partial charge in [0.05, 0.1) is 11.2 Å². The van der Waals surface area contributed by atoms with Gasteiger partial charge in [0.15, 0.2) is 5.82 Å². The third-order valence-corrected chi connectivity index (χ3v) is 16.0. The number of carbonyl (C=O) groups is 2. The second kappa shape index (κ2) is 20.0. The van der Waals surface area contributed by atoms with Gasteiger partial charge in [-0.05, 0) is 108 Å². The molecule has 0 bridgehead atoms. The molecular formula is C57H65FN8O3. The van der Waals surface area contributed by atoms with Gasteiger partial charge in [-0.2, -0.15) is 5.10 Å². The van der Waals surface area contributed by atoms with E-state index in [1.165, 1.54) is 76.7 Å². The van der Waals surface area contributed by atoms with Crippen molar-refractivity contribution in [2.75, 3.05) is 86.7 Å². The number of piperazine rings is 2. The molecule has 5 aromatic carbocycles. The SMILES string of the molecule is Cn1nc(N2CCC(=O)NC2=O)c2cc(F)c(N3CCN(C[C@@H]4CCCC[C@H]4CN4CCN(c5ccc([C@@H]6c7ccc(OCc8ccccc8)cc7CC[C@@H]6c6ccccc6)cc5)CC4)CC3)cc21. The molecule has 4 atom stereocenters. The molecular weight excluding hydrogens is 864 g/mol. The topological polar surface area (TPSA) is 89.4 Å². The molecule has 3 aliphatic heterocycles. The summed E-state index contributed by atoms with van der Waals surface area (Å²) >= 11 is 0. The van der Waals surface area contributed by atoms with E-state index in [0.29, 0.717) is 41.3 Å². The standard InChI is InChI=1S/C57H65FN8O3/c1-61-52-36-53(51(58)35-50(52)56(60-61)66-25-24-54(67)59-57(66)68)65-32-28-63(29-33-65)38-45-15-9-8-14-44(45)37-62-26-30-64(31-27-62)46-19-16-42(17-20-46)55-48(41-12-6-3-7-13-41)22-18-43-34-47(21-23-49(43)55)69-39-40-10-4-2-5-11-40/h2-7,10-13,16-17,19-21,23,34-36,44-45,48,55H,8-9,14-15,18,22,24-33,37-39H2,1H3,(H,59,67,68)/t44-,45-,48+,55-/m0/s1. The normalized spacial score (nSPS) is 22.7. The summed E-state index contributed by atoms with van der Waals surface area (Å²) < 4.78 is 23.9. The number of hydrogen-bond donors (Lipinski definition) is 1. The summed E-state index contributed by atoms with van der Waals surface area (Å²) in [5, 5.41) is 7.49. The Morgan fingerprint density at radius 1 is 0.681 bits per heavy atom. The van der Waals surface area contributed by atoms with Crippen molar-refractivity contribution in [3.8, 4) is 5.75 Å². The van der Waals surface area contributed by atoms with Gasteiger partial charge in [-0.25, -0.2) is 9.18 Å². The van der Waals surface area contributed by atoms with Crippen molar-refractivity contribution in [1.82, 2.24) is 24.9 Å². The van der Waals surface area contributed by atoms with E-state index in [2.05, 4.69) is 127 Å². The summed E-state index contributed by atoms with van der Waals surface area (Å²) in [7, 11) is 1.81. The number of nitrogens with zero attached hydrogens (tertiary/aromatic N) is 7. The van der Waals surface area contributed by atoms with Gasteiger partial charge >= 0.3 is 6.03 Å². The quantitative estimate of drug-likeness (QED) is 0.130. The van der Waals surface area contributed by atoms with Crippen molar-refractivity contribution in [3.05, 3.63) is 149 Å². The number of benzene rings is 5. The van der Waals surface area contributed by atoms with Crippen LogP contribution in [0.4, 0.5) is 26.4 Å². The number of amides is 3. The molecule has 12 heteroatoms. The minimum Gasteiger partial charge on any atom is -0.489 e. The van der Waals surface area contributed by atoms with Crippen LogP contribution in [0.15, 0.2) is 115 Å². The van der Waals surface area contributed by atoms with E-state index in [-0.39, 0.29) is 30.6 Å². The maximum Gasteiger partial charge on any atom is 0.329 e. The van der Waals surface area contributed by atoms with Crippen molar-refractivity contribution in [2.45, 2.75) is 63.4 Å². The highest BCUT2D eigenvalue weighted by atomic mass is 19.1. The Morgan fingerprint density at radius 3 is 2.03 bits per heavy atom. The van der Waals surface area contributed by atoms with E-state index in [1.807, 2.05) is 19.2 Å². The van der Waals surface area contributed by atoms with Crippen LogP contribution in [0, 0.1) is 17.7 Å². The largest absolute Gasteiger partial charge is 0.489 e. The molecule has 0 spiro atoms. The van der Waals surface area contributed by atoms with Gasteiger partial charge in [0.1, 0.15) is 18.2 Å². The number of carbonyl (C=O) groups excluding carboxylic acids is 2. The molecule has 0 unspecified atom stereocenters. The van der Waals surface area contributed by atoms with Crippen molar-refractivity contribution in [2.24, 2.45) is 18.9 Å². The van der Waals surface area contributed by atoms with Crippen molar-refractivity contribution in [3.63, 3.8) is 0 Å². The first-order chi connectivity index (χ1) is 33.8. The Bertz CT molecular complexity index is 2750. The number of urea groups is 1. The van der Waals surface area contributed by atoms with Crippen LogP contribution in [0.25, 0.3) is 10.9 Å². The Kier molecular flexibility index (Phi) is 13.1. The first kappa shape index (κ1) is 45.2. The lowest BCUT2D eigenvalue weighted by atomic mass is 9.69. The number of nitrogens with one attached hydrogen (secondary N) is 1. The number of halogens is 1. The molecule has 6 aromatic rings. The monoisotopic (exact) mass is 929 g/mol. The van der Waals surface area contributed by atoms with Crippen LogP contribution in [0.3, 0.4) is 0 Å². The number of hydrogen-bond acceptors (Lipinski definition) is 8. The van der Waals surface area contributed by atoms with E-state index in [4.69, 9.17) is 4.74 Å². The fourth-order valence-electron chi connectivity index (χ4n) is 12.2. The molecule has 4 fully saturated rings. The maximum atomic E-state index is 15.9.